The van der Waals surface area contributed by atoms with Crippen LogP contribution in [0.1, 0.15) is 32.5 Å². The average molecular weight is 286 g/mol. The molecule has 1 unspecified atom stereocenters. The maximum absolute atomic E-state index is 11.3. The number of thioether (sulfide) groups is 1. The van der Waals surface area contributed by atoms with Gasteiger partial charge in [0.15, 0.2) is 5.16 Å². The molecule has 0 aromatic carbocycles. The maximum atomic E-state index is 11.3. The van der Waals surface area contributed by atoms with Crippen molar-refractivity contribution in [2.75, 3.05) is 12.3 Å². The first kappa shape index (κ1) is 16.0. The summed E-state index contributed by atoms with van der Waals surface area (Å²) < 4.78 is 1.91. The monoisotopic (exact) mass is 286 g/mol. The van der Waals surface area contributed by atoms with E-state index in [0.717, 1.165) is 17.4 Å². The van der Waals surface area contributed by atoms with Crippen LogP contribution in [0.5, 0.6) is 0 Å². The number of aromatic nitrogens is 3. The molecular weight excluding hydrogens is 264 g/mol. The Bertz CT molecular complexity index is 435. The Hall–Kier alpha value is -1.08. The van der Waals surface area contributed by atoms with Gasteiger partial charge in [0.25, 0.3) is 0 Å². The van der Waals surface area contributed by atoms with Gasteiger partial charge in [0, 0.05) is 12.8 Å². The van der Waals surface area contributed by atoms with Gasteiger partial charge in [0.2, 0.25) is 0 Å². The maximum Gasteiger partial charge on any atom is 0.323 e. The van der Waals surface area contributed by atoms with Crippen molar-refractivity contribution in [1.82, 2.24) is 20.1 Å². The molecule has 1 aromatic rings. The molecule has 0 radical (unpaired) electrons. The summed E-state index contributed by atoms with van der Waals surface area (Å²) in [5.74, 6) is 0.731. The summed E-state index contributed by atoms with van der Waals surface area (Å²) in [4.78, 5) is 11.3. The number of carboxylic acids is 1. The van der Waals surface area contributed by atoms with Crippen LogP contribution in [0.25, 0.3) is 0 Å². The Kier molecular flexibility index (Phi) is 5.81. The molecule has 108 valence electrons. The van der Waals surface area contributed by atoms with E-state index in [0.29, 0.717) is 18.7 Å². The van der Waals surface area contributed by atoms with Gasteiger partial charge in [-0.1, -0.05) is 18.7 Å². The third-order valence-corrected chi connectivity index (χ3v) is 4.14. The second kappa shape index (κ2) is 6.91. The van der Waals surface area contributed by atoms with Gasteiger partial charge in [0.05, 0.1) is 0 Å². The largest absolute Gasteiger partial charge is 0.480 e. The van der Waals surface area contributed by atoms with Crippen LogP contribution in [0.2, 0.25) is 0 Å². The minimum absolute atomic E-state index is 0.541. The number of aryl methyl sites for hydroxylation is 1. The van der Waals surface area contributed by atoms with Gasteiger partial charge < -0.3 is 15.0 Å². The van der Waals surface area contributed by atoms with E-state index in [1.807, 2.05) is 25.5 Å². The quantitative estimate of drug-likeness (QED) is 0.704. The normalized spacial score (nSPS) is 14.3. The molecule has 0 spiro atoms. The van der Waals surface area contributed by atoms with Gasteiger partial charge in [-0.15, -0.1) is 10.2 Å². The zero-order valence-electron chi connectivity index (χ0n) is 11.9. The molecule has 0 aliphatic carbocycles. The number of aliphatic carboxylic acids is 1. The minimum Gasteiger partial charge on any atom is -0.480 e. The molecular formula is C12H22N4O2S. The second-order valence-corrected chi connectivity index (χ2v) is 5.81. The lowest BCUT2D eigenvalue weighted by molar-refractivity contribution is -0.144. The van der Waals surface area contributed by atoms with Crippen molar-refractivity contribution >= 4 is 17.7 Å². The van der Waals surface area contributed by atoms with Crippen molar-refractivity contribution in [3.8, 4) is 0 Å². The second-order valence-electron chi connectivity index (χ2n) is 4.75. The fraction of sp³-hybridized carbons (Fsp3) is 0.750. The molecule has 0 fully saturated rings. The summed E-state index contributed by atoms with van der Waals surface area (Å²) in [6.45, 7) is 6.34. The van der Waals surface area contributed by atoms with E-state index in [9.17, 15) is 9.90 Å². The average Bonchev–Trinajstić information content (AvgIpc) is 2.68. The molecule has 0 saturated heterocycles. The van der Waals surface area contributed by atoms with Crippen LogP contribution < -0.4 is 5.32 Å². The van der Waals surface area contributed by atoms with Crippen LogP contribution in [0.4, 0.5) is 0 Å². The lowest BCUT2D eigenvalue weighted by atomic mass is 9.99. The molecule has 0 saturated carbocycles. The molecule has 1 atom stereocenters. The summed E-state index contributed by atoms with van der Waals surface area (Å²) in [6.07, 6.45) is 1.46. The molecule has 0 amide bonds. The Morgan fingerprint density at radius 1 is 1.53 bits per heavy atom. The van der Waals surface area contributed by atoms with E-state index >= 15 is 0 Å². The van der Waals surface area contributed by atoms with E-state index in [1.54, 1.807) is 6.92 Å². The van der Waals surface area contributed by atoms with Gasteiger partial charge in [-0.3, -0.25) is 4.79 Å². The standard InChI is InChI=1S/C12H22N4O2S/c1-5-7-13-12(3,10(17)18)6-8-19-11-15-14-9(2)16(11)4/h13H,5-8H2,1-4H3,(H,17,18). The number of rotatable bonds is 8. The van der Waals surface area contributed by atoms with Crippen molar-refractivity contribution in [1.29, 1.82) is 0 Å². The van der Waals surface area contributed by atoms with Crippen LogP contribution in [0.3, 0.4) is 0 Å². The number of hydrogen-bond donors (Lipinski definition) is 2. The fourth-order valence-electron chi connectivity index (χ4n) is 1.53. The summed E-state index contributed by atoms with van der Waals surface area (Å²) in [7, 11) is 1.91. The Morgan fingerprint density at radius 2 is 2.21 bits per heavy atom. The van der Waals surface area contributed by atoms with Crippen LogP contribution >= 0.6 is 11.8 Å². The summed E-state index contributed by atoms with van der Waals surface area (Å²) in [6, 6.07) is 0. The molecule has 1 heterocycles. The summed E-state index contributed by atoms with van der Waals surface area (Å²) >= 11 is 1.53. The topological polar surface area (TPSA) is 80.0 Å². The van der Waals surface area contributed by atoms with E-state index in [4.69, 9.17) is 0 Å². The zero-order chi connectivity index (χ0) is 14.5. The first-order chi connectivity index (χ1) is 8.90. The van der Waals surface area contributed by atoms with Gasteiger partial charge >= 0.3 is 5.97 Å². The third kappa shape index (κ3) is 4.21. The first-order valence-electron chi connectivity index (χ1n) is 6.38. The molecule has 7 heteroatoms. The SMILES string of the molecule is CCCNC(C)(CCSc1nnc(C)n1C)C(=O)O. The number of nitrogens with zero attached hydrogens (tertiary/aromatic N) is 3. The Labute approximate surface area is 118 Å². The molecule has 0 aliphatic rings. The van der Waals surface area contributed by atoms with Crippen LogP contribution in [0.15, 0.2) is 5.16 Å². The number of carboxylic acid groups (broad SMARTS) is 1. The van der Waals surface area contributed by atoms with Crippen LogP contribution in [-0.4, -0.2) is 43.7 Å². The fourth-order valence-corrected chi connectivity index (χ4v) is 2.65. The van der Waals surface area contributed by atoms with Gasteiger partial charge in [-0.05, 0) is 33.2 Å². The summed E-state index contributed by atoms with van der Waals surface area (Å²) in [5, 5.41) is 21.3. The molecule has 1 rings (SSSR count). The highest BCUT2D eigenvalue weighted by molar-refractivity contribution is 7.99. The van der Waals surface area contributed by atoms with E-state index in [1.165, 1.54) is 11.8 Å². The van der Waals surface area contributed by atoms with Crippen molar-refractivity contribution in [2.24, 2.45) is 7.05 Å². The third-order valence-electron chi connectivity index (χ3n) is 3.12. The molecule has 2 N–H and O–H groups in total. The lowest BCUT2D eigenvalue weighted by Gasteiger charge is -2.25. The lowest BCUT2D eigenvalue weighted by Crippen LogP contribution is -2.50. The number of hydrogen-bond acceptors (Lipinski definition) is 5. The van der Waals surface area contributed by atoms with Crippen LogP contribution in [-0.2, 0) is 11.8 Å². The minimum atomic E-state index is -0.878. The smallest absolute Gasteiger partial charge is 0.323 e. The zero-order valence-corrected chi connectivity index (χ0v) is 12.8. The van der Waals surface area contributed by atoms with Crippen molar-refractivity contribution < 1.29 is 9.90 Å². The van der Waals surface area contributed by atoms with Gasteiger partial charge in [0.1, 0.15) is 11.4 Å². The molecule has 0 aliphatic heterocycles. The number of carbonyl (C=O) groups is 1. The highest BCUT2D eigenvalue weighted by Gasteiger charge is 2.31. The predicted octanol–water partition coefficient (Wildman–Crippen LogP) is 1.45. The first-order valence-corrected chi connectivity index (χ1v) is 7.36. The highest BCUT2D eigenvalue weighted by Crippen LogP contribution is 2.20. The summed E-state index contributed by atoms with van der Waals surface area (Å²) in [5.41, 5.74) is -0.878. The molecule has 6 nitrogen and oxygen atoms in total. The van der Waals surface area contributed by atoms with Crippen LogP contribution in [0, 0.1) is 6.92 Å². The number of nitrogens with one attached hydrogen (secondary N) is 1. The predicted molar refractivity (Wildman–Crippen MR) is 75.4 cm³/mol. The Balaban J connectivity index is 2.53. The van der Waals surface area contributed by atoms with Gasteiger partial charge in [-0.2, -0.15) is 0 Å². The van der Waals surface area contributed by atoms with Crippen molar-refractivity contribution in [3.63, 3.8) is 0 Å². The Morgan fingerprint density at radius 3 is 2.68 bits per heavy atom. The molecule has 19 heavy (non-hydrogen) atoms. The van der Waals surface area contributed by atoms with Gasteiger partial charge in [-0.25, -0.2) is 0 Å². The van der Waals surface area contributed by atoms with E-state index in [-0.39, 0.29) is 0 Å². The highest BCUT2D eigenvalue weighted by atomic mass is 32.2. The molecule has 1 aromatic heterocycles. The van der Waals surface area contributed by atoms with Crippen molar-refractivity contribution in [2.45, 2.75) is 44.3 Å². The molecule has 0 bridgehead atoms. The van der Waals surface area contributed by atoms with Crippen molar-refractivity contribution in [3.05, 3.63) is 5.82 Å². The van der Waals surface area contributed by atoms with E-state index < -0.39 is 11.5 Å². The van der Waals surface area contributed by atoms with E-state index in [2.05, 4.69) is 15.5 Å².